The van der Waals surface area contributed by atoms with E-state index < -0.39 is 0 Å². The first-order valence-electron chi connectivity index (χ1n) is 6.83. The van der Waals surface area contributed by atoms with E-state index >= 15 is 0 Å². The van der Waals surface area contributed by atoms with Crippen molar-refractivity contribution in [2.45, 2.75) is 19.8 Å². The molecule has 1 saturated heterocycles. The molecule has 108 valence electrons. The summed E-state index contributed by atoms with van der Waals surface area (Å²) in [4.78, 5) is 29.2. The minimum Gasteiger partial charge on any atom is -0.450 e. The Hall–Kier alpha value is -2.11. The van der Waals surface area contributed by atoms with Crippen LogP contribution in [0.25, 0.3) is 0 Å². The Morgan fingerprint density at radius 1 is 1.35 bits per heavy atom. The topological polar surface area (TPSA) is 71.5 Å². The van der Waals surface area contributed by atoms with Crippen LogP contribution in [0, 0.1) is 5.92 Å². The largest absolute Gasteiger partial charge is 0.450 e. The standard InChI is InChI=1S/C14H19N3O3/c1-2-20-14(19)17-9-5-11(6-10-17)13(18)16-12-3-7-15-8-4-12/h3-4,7-8,11H,2,5-6,9-10H2,1H3,(H,15,16,18). The Morgan fingerprint density at radius 2 is 2.00 bits per heavy atom. The summed E-state index contributed by atoms with van der Waals surface area (Å²) >= 11 is 0. The molecular formula is C14H19N3O3. The van der Waals surface area contributed by atoms with E-state index in [9.17, 15) is 9.59 Å². The molecule has 1 aliphatic rings. The number of amides is 2. The number of pyridine rings is 1. The molecule has 0 radical (unpaired) electrons. The number of anilines is 1. The number of carbonyl (C=O) groups is 2. The van der Waals surface area contributed by atoms with Crippen molar-refractivity contribution >= 4 is 17.7 Å². The van der Waals surface area contributed by atoms with E-state index in [0.717, 1.165) is 5.69 Å². The van der Waals surface area contributed by atoms with Gasteiger partial charge in [-0.05, 0) is 31.9 Å². The first-order chi connectivity index (χ1) is 9.70. The molecule has 2 rings (SSSR count). The fourth-order valence-electron chi connectivity index (χ4n) is 2.22. The van der Waals surface area contributed by atoms with E-state index in [1.165, 1.54) is 0 Å². The van der Waals surface area contributed by atoms with Crippen molar-refractivity contribution in [3.8, 4) is 0 Å². The molecule has 6 heteroatoms. The van der Waals surface area contributed by atoms with Crippen LogP contribution in [0.15, 0.2) is 24.5 Å². The molecule has 0 saturated carbocycles. The van der Waals surface area contributed by atoms with Crippen LogP contribution >= 0.6 is 0 Å². The number of aromatic nitrogens is 1. The number of nitrogens with one attached hydrogen (secondary N) is 1. The fraction of sp³-hybridized carbons (Fsp3) is 0.500. The Bertz CT molecular complexity index is 456. The van der Waals surface area contributed by atoms with Gasteiger partial charge < -0.3 is 15.0 Å². The van der Waals surface area contributed by atoms with Gasteiger partial charge >= 0.3 is 6.09 Å². The predicted octanol–water partition coefficient (Wildman–Crippen LogP) is 1.89. The summed E-state index contributed by atoms with van der Waals surface area (Å²) in [5.41, 5.74) is 0.748. The van der Waals surface area contributed by atoms with E-state index in [0.29, 0.717) is 32.5 Å². The maximum absolute atomic E-state index is 12.1. The van der Waals surface area contributed by atoms with E-state index in [2.05, 4.69) is 10.3 Å². The SMILES string of the molecule is CCOC(=O)N1CCC(C(=O)Nc2ccncc2)CC1. The second kappa shape index (κ2) is 6.88. The zero-order valence-corrected chi connectivity index (χ0v) is 11.5. The molecule has 2 amide bonds. The van der Waals surface area contributed by atoms with Gasteiger partial charge in [0.25, 0.3) is 0 Å². The summed E-state index contributed by atoms with van der Waals surface area (Å²) in [6.45, 7) is 3.29. The predicted molar refractivity (Wildman–Crippen MR) is 74.2 cm³/mol. The second-order valence-corrected chi connectivity index (χ2v) is 4.69. The maximum atomic E-state index is 12.1. The summed E-state index contributed by atoms with van der Waals surface area (Å²) < 4.78 is 4.95. The van der Waals surface area contributed by atoms with Gasteiger partial charge in [-0.2, -0.15) is 0 Å². The minimum atomic E-state index is -0.291. The third-order valence-corrected chi connectivity index (χ3v) is 3.34. The molecule has 2 heterocycles. The Labute approximate surface area is 118 Å². The highest BCUT2D eigenvalue weighted by molar-refractivity contribution is 5.92. The van der Waals surface area contributed by atoms with Gasteiger partial charge in [0.15, 0.2) is 0 Å². The number of nitrogens with zero attached hydrogens (tertiary/aromatic N) is 2. The van der Waals surface area contributed by atoms with Gasteiger partial charge in [-0.25, -0.2) is 4.79 Å². The van der Waals surface area contributed by atoms with Crippen LogP contribution in [0.1, 0.15) is 19.8 Å². The summed E-state index contributed by atoms with van der Waals surface area (Å²) in [7, 11) is 0. The highest BCUT2D eigenvalue weighted by atomic mass is 16.6. The highest BCUT2D eigenvalue weighted by Gasteiger charge is 2.27. The Morgan fingerprint density at radius 3 is 2.60 bits per heavy atom. The van der Waals surface area contributed by atoms with Gasteiger partial charge in [0.1, 0.15) is 0 Å². The van der Waals surface area contributed by atoms with Crippen LogP contribution in [-0.4, -0.2) is 41.6 Å². The molecular weight excluding hydrogens is 258 g/mol. The number of piperidine rings is 1. The lowest BCUT2D eigenvalue weighted by atomic mass is 9.96. The number of ether oxygens (including phenoxy) is 1. The number of likely N-dealkylation sites (tertiary alicyclic amines) is 1. The van der Waals surface area contributed by atoms with Crippen molar-refractivity contribution < 1.29 is 14.3 Å². The number of hydrogen-bond donors (Lipinski definition) is 1. The van der Waals surface area contributed by atoms with Gasteiger partial charge in [-0.1, -0.05) is 0 Å². The van der Waals surface area contributed by atoms with Crippen molar-refractivity contribution in [2.75, 3.05) is 25.0 Å². The van der Waals surface area contributed by atoms with Crippen LogP contribution in [-0.2, 0) is 9.53 Å². The molecule has 0 atom stereocenters. The zero-order valence-electron chi connectivity index (χ0n) is 11.5. The molecule has 1 aliphatic heterocycles. The molecule has 1 aromatic heterocycles. The summed E-state index contributed by atoms with van der Waals surface area (Å²) in [6, 6.07) is 3.51. The average molecular weight is 277 g/mol. The van der Waals surface area contributed by atoms with E-state index in [-0.39, 0.29) is 17.9 Å². The van der Waals surface area contributed by atoms with Crippen molar-refractivity contribution in [2.24, 2.45) is 5.92 Å². The lowest BCUT2D eigenvalue weighted by molar-refractivity contribution is -0.121. The fourth-order valence-corrected chi connectivity index (χ4v) is 2.22. The average Bonchev–Trinajstić information content (AvgIpc) is 2.48. The van der Waals surface area contributed by atoms with Gasteiger partial charge in [-0.15, -0.1) is 0 Å². The third-order valence-electron chi connectivity index (χ3n) is 3.34. The van der Waals surface area contributed by atoms with Gasteiger partial charge in [0, 0.05) is 37.1 Å². The first-order valence-corrected chi connectivity index (χ1v) is 6.83. The molecule has 1 N–H and O–H groups in total. The number of rotatable bonds is 3. The number of carbonyl (C=O) groups excluding carboxylic acids is 2. The second-order valence-electron chi connectivity index (χ2n) is 4.69. The van der Waals surface area contributed by atoms with Crippen LogP contribution in [0.5, 0.6) is 0 Å². The Kier molecular flexibility index (Phi) is 4.92. The molecule has 1 fully saturated rings. The minimum absolute atomic E-state index is 0.000270. The molecule has 6 nitrogen and oxygen atoms in total. The van der Waals surface area contributed by atoms with Crippen molar-refractivity contribution in [1.82, 2.24) is 9.88 Å². The highest BCUT2D eigenvalue weighted by Crippen LogP contribution is 2.19. The third kappa shape index (κ3) is 3.69. The first kappa shape index (κ1) is 14.3. The van der Waals surface area contributed by atoms with E-state index in [1.807, 2.05) is 0 Å². The van der Waals surface area contributed by atoms with Crippen molar-refractivity contribution in [3.05, 3.63) is 24.5 Å². The molecule has 0 bridgehead atoms. The van der Waals surface area contributed by atoms with E-state index in [4.69, 9.17) is 4.74 Å². The molecule has 0 aliphatic carbocycles. The summed E-state index contributed by atoms with van der Waals surface area (Å²) in [5.74, 6) is -0.0615. The lowest BCUT2D eigenvalue weighted by Crippen LogP contribution is -2.41. The lowest BCUT2D eigenvalue weighted by Gasteiger charge is -2.30. The molecule has 0 unspecified atom stereocenters. The quantitative estimate of drug-likeness (QED) is 0.915. The van der Waals surface area contributed by atoms with Crippen LogP contribution < -0.4 is 5.32 Å². The normalized spacial score (nSPS) is 15.8. The molecule has 1 aromatic rings. The molecule has 0 aromatic carbocycles. The van der Waals surface area contributed by atoms with Crippen LogP contribution in [0.3, 0.4) is 0 Å². The van der Waals surface area contributed by atoms with Crippen molar-refractivity contribution in [3.63, 3.8) is 0 Å². The smallest absolute Gasteiger partial charge is 0.409 e. The molecule has 20 heavy (non-hydrogen) atoms. The summed E-state index contributed by atoms with van der Waals surface area (Å²) in [5, 5.41) is 2.87. The van der Waals surface area contributed by atoms with Crippen molar-refractivity contribution in [1.29, 1.82) is 0 Å². The maximum Gasteiger partial charge on any atom is 0.409 e. The van der Waals surface area contributed by atoms with Crippen LogP contribution in [0.2, 0.25) is 0 Å². The van der Waals surface area contributed by atoms with Gasteiger partial charge in [-0.3, -0.25) is 9.78 Å². The Balaban J connectivity index is 1.81. The zero-order chi connectivity index (χ0) is 14.4. The number of hydrogen-bond acceptors (Lipinski definition) is 4. The van der Waals surface area contributed by atoms with Gasteiger partial charge in [0.2, 0.25) is 5.91 Å². The van der Waals surface area contributed by atoms with E-state index in [1.54, 1.807) is 36.4 Å². The summed E-state index contributed by atoms with van der Waals surface area (Å²) in [6.07, 6.45) is 4.31. The van der Waals surface area contributed by atoms with Crippen LogP contribution in [0.4, 0.5) is 10.5 Å². The van der Waals surface area contributed by atoms with Gasteiger partial charge in [0.05, 0.1) is 6.61 Å². The molecule has 0 spiro atoms. The monoisotopic (exact) mass is 277 g/mol.